The van der Waals surface area contributed by atoms with Crippen LogP contribution in [0.25, 0.3) is 0 Å². The Morgan fingerprint density at radius 1 is 1.56 bits per heavy atom. The number of aliphatic hydroxyl groups excluding tert-OH is 1. The summed E-state index contributed by atoms with van der Waals surface area (Å²) >= 11 is 0. The minimum Gasteiger partial charge on any atom is -0.396 e. The lowest BCUT2D eigenvalue weighted by Crippen LogP contribution is -2.44. The van der Waals surface area contributed by atoms with Crippen LogP contribution in [0.5, 0.6) is 0 Å². The smallest absolute Gasteiger partial charge is 0.227 e. The summed E-state index contributed by atoms with van der Waals surface area (Å²) in [6.07, 6.45) is 0.667. The molecule has 0 aromatic carbocycles. The van der Waals surface area contributed by atoms with Gasteiger partial charge in [-0.25, -0.2) is 0 Å². The van der Waals surface area contributed by atoms with Crippen molar-refractivity contribution in [3.05, 3.63) is 0 Å². The molecule has 0 aromatic rings. The van der Waals surface area contributed by atoms with Gasteiger partial charge >= 0.3 is 0 Å². The minimum atomic E-state index is -0.232. The van der Waals surface area contributed by atoms with Gasteiger partial charge in [0.2, 0.25) is 5.91 Å². The topological polar surface area (TPSA) is 84.6 Å². The van der Waals surface area contributed by atoms with Crippen LogP contribution in [0.1, 0.15) is 20.3 Å². The number of ether oxygens (including phenoxy) is 1. The molecule has 5 nitrogen and oxygen atoms in total. The molecule has 0 aliphatic carbocycles. The SMILES string of the molecule is CC(C)(CCO)CNC(=O)C1COCC1N. The van der Waals surface area contributed by atoms with Crippen molar-refractivity contribution in [3.8, 4) is 0 Å². The van der Waals surface area contributed by atoms with Crippen LogP contribution < -0.4 is 11.1 Å². The standard InChI is InChI=1S/C11H22N2O3/c1-11(2,3-4-14)7-13-10(15)8-5-16-6-9(8)12/h8-9,14H,3-7,12H2,1-2H3,(H,13,15). The maximum atomic E-state index is 11.8. The third kappa shape index (κ3) is 3.73. The maximum Gasteiger partial charge on any atom is 0.227 e. The van der Waals surface area contributed by atoms with Crippen molar-refractivity contribution in [2.24, 2.45) is 17.1 Å². The van der Waals surface area contributed by atoms with Gasteiger partial charge < -0.3 is 20.9 Å². The predicted molar refractivity (Wildman–Crippen MR) is 60.8 cm³/mol. The molecule has 1 rings (SSSR count). The van der Waals surface area contributed by atoms with E-state index in [0.717, 1.165) is 0 Å². The molecule has 5 heteroatoms. The first-order valence-corrected chi connectivity index (χ1v) is 5.68. The van der Waals surface area contributed by atoms with Crippen LogP contribution in [0, 0.1) is 11.3 Å². The van der Waals surface area contributed by atoms with Gasteiger partial charge in [0, 0.05) is 19.2 Å². The first-order valence-electron chi connectivity index (χ1n) is 5.68. The molecule has 4 N–H and O–H groups in total. The molecule has 1 aliphatic heterocycles. The summed E-state index contributed by atoms with van der Waals surface area (Å²) in [7, 11) is 0. The van der Waals surface area contributed by atoms with Crippen molar-refractivity contribution >= 4 is 5.91 Å². The van der Waals surface area contributed by atoms with Crippen molar-refractivity contribution in [1.82, 2.24) is 5.32 Å². The first-order chi connectivity index (χ1) is 7.46. The van der Waals surface area contributed by atoms with E-state index in [9.17, 15) is 4.79 Å². The number of amides is 1. The fourth-order valence-electron chi connectivity index (χ4n) is 1.69. The molecule has 94 valence electrons. The van der Waals surface area contributed by atoms with E-state index in [1.54, 1.807) is 0 Å². The van der Waals surface area contributed by atoms with Crippen LogP contribution in [0.15, 0.2) is 0 Å². The first kappa shape index (κ1) is 13.4. The van der Waals surface area contributed by atoms with Crippen LogP contribution in [0.4, 0.5) is 0 Å². The number of rotatable bonds is 5. The zero-order chi connectivity index (χ0) is 12.2. The highest BCUT2D eigenvalue weighted by Crippen LogP contribution is 2.19. The quantitative estimate of drug-likeness (QED) is 0.593. The van der Waals surface area contributed by atoms with Gasteiger partial charge in [0.1, 0.15) is 0 Å². The molecule has 1 fully saturated rings. The lowest BCUT2D eigenvalue weighted by atomic mass is 9.89. The third-order valence-electron chi connectivity index (χ3n) is 2.99. The Kier molecular flexibility index (Phi) is 4.70. The molecule has 16 heavy (non-hydrogen) atoms. The molecule has 1 amide bonds. The van der Waals surface area contributed by atoms with Crippen LogP contribution in [-0.4, -0.2) is 43.4 Å². The molecule has 1 saturated heterocycles. The van der Waals surface area contributed by atoms with E-state index < -0.39 is 0 Å². The van der Waals surface area contributed by atoms with E-state index in [1.807, 2.05) is 13.8 Å². The summed E-state index contributed by atoms with van der Waals surface area (Å²) < 4.78 is 5.14. The predicted octanol–water partition coefficient (Wildman–Crippen LogP) is -0.515. The molecule has 0 saturated carbocycles. The van der Waals surface area contributed by atoms with Gasteiger partial charge in [0.25, 0.3) is 0 Å². The molecular weight excluding hydrogens is 208 g/mol. The Bertz CT molecular complexity index is 243. The highest BCUT2D eigenvalue weighted by atomic mass is 16.5. The molecule has 0 aromatic heterocycles. The van der Waals surface area contributed by atoms with Crippen molar-refractivity contribution in [3.63, 3.8) is 0 Å². The Morgan fingerprint density at radius 2 is 2.25 bits per heavy atom. The van der Waals surface area contributed by atoms with Crippen LogP contribution in [0.2, 0.25) is 0 Å². The fraction of sp³-hybridized carbons (Fsp3) is 0.909. The van der Waals surface area contributed by atoms with Gasteiger partial charge in [-0.15, -0.1) is 0 Å². The van der Waals surface area contributed by atoms with E-state index in [0.29, 0.717) is 26.2 Å². The summed E-state index contributed by atoms with van der Waals surface area (Å²) in [5, 5.41) is 11.7. The Hall–Kier alpha value is -0.650. The molecule has 0 spiro atoms. The summed E-state index contributed by atoms with van der Waals surface area (Å²) in [4.78, 5) is 11.8. The summed E-state index contributed by atoms with van der Waals surface area (Å²) in [6.45, 7) is 5.57. The molecule has 1 heterocycles. The largest absolute Gasteiger partial charge is 0.396 e. The van der Waals surface area contributed by atoms with Crippen molar-refractivity contribution in [1.29, 1.82) is 0 Å². The number of nitrogens with two attached hydrogens (primary N) is 1. The average molecular weight is 230 g/mol. The van der Waals surface area contributed by atoms with Crippen molar-refractivity contribution < 1.29 is 14.6 Å². The second-order valence-electron chi connectivity index (χ2n) is 5.16. The molecular formula is C11H22N2O3. The summed E-state index contributed by atoms with van der Waals surface area (Å²) in [6, 6.07) is -0.194. The van der Waals surface area contributed by atoms with E-state index in [-0.39, 0.29) is 29.9 Å². The van der Waals surface area contributed by atoms with Gasteiger partial charge in [0.15, 0.2) is 0 Å². The average Bonchev–Trinajstić information content (AvgIpc) is 2.61. The number of hydrogen-bond acceptors (Lipinski definition) is 4. The summed E-state index contributed by atoms with van der Waals surface area (Å²) in [5.41, 5.74) is 5.66. The van der Waals surface area contributed by atoms with Gasteiger partial charge in [0.05, 0.1) is 19.1 Å². The molecule has 0 radical (unpaired) electrons. The van der Waals surface area contributed by atoms with Crippen LogP contribution >= 0.6 is 0 Å². The second kappa shape index (κ2) is 5.61. The number of carbonyl (C=O) groups excluding carboxylic acids is 1. The Balaban J connectivity index is 2.34. The monoisotopic (exact) mass is 230 g/mol. The molecule has 0 bridgehead atoms. The van der Waals surface area contributed by atoms with Gasteiger partial charge in [-0.2, -0.15) is 0 Å². The molecule has 1 aliphatic rings. The third-order valence-corrected chi connectivity index (χ3v) is 2.99. The summed E-state index contributed by atoms with van der Waals surface area (Å²) in [5.74, 6) is -0.277. The second-order valence-corrected chi connectivity index (χ2v) is 5.16. The number of aliphatic hydroxyl groups is 1. The zero-order valence-electron chi connectivity index (χ0n) is 10.0. The van der Waals surface area contributed by atoms with Gasteiger partial charge in [-0.1, -0.05) is 13.8 Å². The number of nitrogens with one attached hydrogen (secondary N) is 1. The molecule has 2 atom stereocenters. The van der Waals surface area contributed by atoms with E-state index in [2.05, 4.69) is 5.32 Å². The van der Waals surface area contributed by atoms with Crippen molar-refractivity contribution in [2.45, 2.75) is 26.3 Å². The van der Waals surface area contributed by atoms with Crippen LogP contribution in [-0.2, 0) is 9.53 Å². The highest BCUT2D eigenvalue weighted by molar-refractivity contribution is 5.79. The molecule has 2 unspecified atom stereocenters. The lowest BCUT2D eigenvalue weighted by molar-refractivity contribution is -0.125. The van der Waals surface area contributed by atoms with E-state index in [4.69, 9.17) is 15.6 Å². The van der Waals surface area contributed by atoms with E-state index in [1.165, 1.54) is 0 Å². The Morgan fingerprint density at radius 3 is 2.75 bits per heavy atom. The highest BCUT2D eigenvalue weighted by Gasteiger charge is 2.32. The van der Waals surface area contributed by atoms with Crippen molar-refractivity contribution in [2.75, 3.05) is 26.4 Å². The van der Waals surface area contributed by atoms with Gasteiger partial charge in [-0.3, -0.25) is 4.79 Å². The fourth-order valence-corrected chi connectivity index (χ4v) is 1.69. The Labute approximate surface area is 96.3 Å². The maximum absolute atomic E-state index is 11.8. The number of carbonyl (C=O) groups is 1. The number of hydrogen-bond donors (Lipinski definition) is 3. The normalized spacial score (nSPS) is 25.8. The lowest BCUT2D eigenvalue weighted by Gasteiger charge is -2.25. The van der Waals surface area contributed by atoms with E-state index >= 15 is 0 Å². The zero-order valence-corrected chi connectivity index (χ0v) is 10.0. The minimum absolute atomic E-state index is 0.0454. The van der Waals surface area contributed by atoms with Crippen LogP contribution in [0.3, 0.4) is 0 Å². The van der Waals surface area contributed by atoms with Gasteiger partial charge in [-0.05, 0) is 11.8 Å².